The number of ether oxygens (including phenoxy) is 1. The Morgan fingerprint density at radius 2 is 2.17 bits per heavy atom. The smallest absolute Gasteiger partial charge is 0.251 e. The number of methoxy groups -OCH3 is 1. The summed E-state index contributed by atoms with van der Waals surface area (Å²) >= 11 is 0. The number of carbonyl (C=O) groups excluding carboxylic acids is 1. The Morgan fingerprint density at radius 3 is 2.87 bits per heavy atom. The van der Waals surface area contributed by atoms with Gasteiger partial charge >= 0.3 is 0 Å². The van der Waals surface area contributed by atoms with Gasteiger partial charge in [-0.2, -0.15) is 0 Å². The normalized spacial score (nSPS) is 15.4. The Hall–Kier alpha value is -2.30. The Labute approximate surface area is 135 Å². The van der Waals surface area contributed by atoms with Gasteiger partial charge in [-0.05, 0) is 48.8 Å². The van der Waals surface area contributed by atoms with Crippen molar-refractivity contribution in [1.82, 2.24) is 10.3 Å². The lowest BCUT2D eigenvalue weighted by atomic mass is 10.1. The molecular weight excluding hydrogens is 292 g/mol. The van der Waals surface area contributed by atoms with Crippen LogP contribution in [0.5, 0.6) is 5.75 Å². The Morgan fingerprint density at radius 1 is 1.39 bits per heavy atom. The number of aromatic amines is 1. The second kappa shape index (κ2) is 6.44. The summed E-state index contributed by atoms with van der Waals surface area (Å²) in [6, 6.07) is 7.47. The lowest BCUT2D eigenvalue weighted by Gasteiger charge is -2.11. The highest BCUT2D eigenvalue weighted by Gasteiger charge is 2.32. The molecule has 1 unspecified atom stereocenters. The molecule has 0 spiro atoms. The summed E-state index contributed by atoms with van der Waals surface area (Å²) < 4.78 is 5.16. The second-order valence-corrected chi connectivity index (χ2v) is 6.24. The number of nitrogens with one attached hydrogen (secondary N) is 2. The van der Waals surface area contributed by atoms with Gasteiger partial charge in [-0.15, -0.1) is 0 Å². The minimum absolute atomic E-state index is 0.0809. The van der Waals surface area contributed by atoms with Gasteiger partial charge in [0.1, 0.15) is 5.75 Å². The molecule has 1 fully saturated rings. The number of hydrogen-bond acceptors (Lipinski definition) is 3. The van der Waals surface area contributed by atoms with Crippen molar-refractivity contribution >= 4 is 16.8 Å². The minimum atomic E-state index is -0.116. The molecule has 23 heavy (non-hydrogen) atoms. The average Bonchev–Trinajstić information content (AvgIpc) is 3.38. The number of pyridine rings is 1. The van der Waals surface area contributed by atoms with Gasteiger partial charge in [-0.1, -0.05) is 6.92 Å². The molecule has 0 bridgehead atoms. The first-order valence-electron chi connectivity index (χ1n) is 8.06. The van der Waals surface area contributed by atoms with Gasteiger partial charge in [-0.3, -0.25) is 9.59 Å². The van der Waals surface area contributed by atoms with Crippen LogP contribution >= 0.6 is 0 Å². The molecule has 5 nitrogen and oxygen atoms in total. The fourth-order valence-corrected chi connectivity index (χ4v) is 2.83. The number of carbonyl (C=O) groups is 1. The Balaban J connectivity index is 1.66. The van der Waals surface area contributed by atoms with E-state index in [1.807, 2.05) is 25.1 Å². The molecule has 3 rings (SSSR count). The van der Waals surface area contributed by atoms with Gasteiger partial charge in [0.2, 0.25) is 5.91 Å². The maximum atomic E-state index is 12.2. The highest BCUT2D eigenvalue weighted by molar-refractivity contribution is 5.80. The molecule has 1 amide bonds. The van der Waals surface area contributed by atoms with E-state index in [9.17, 15) is 9.59 Å². The maximum absolute atomic E-state index is 12.2. The topological polar surface area (TPSA) is 71.2 Å². The molecule has 1 aliphatic rings. The number of fused-ring (bicyclic) bond motifs is 1. The van der Waals surface area contributed by atoms with E-state index in [2.05, 4.69) is 10.3 Å². The third kappa shape index (κ3) is 3.55. The zero-order valence-corrected chi connectivity index (χ0v) is 13.5. The van der Waals surface area contributed by atoms with Crippen molar-refractivity contribution in [2.45, 2.75) is 26.2 Å². The van der Waals surface area contributed by atoms with Crippen LogP contribution in [0, 0.1) is 11.8 Å². The molecule has 1 heterocycles. The first-order valence-corrected chi connectivity index (χ1v) is 8.06. The van der Waals surface area contributed by atoms with Crippen molar-refractivity contribution in [1.29, 1.82) is 0 Å². The van der Waals surface area contributed by atoms with Crippen LogP contribution in [-0.4, -0.2) is 24.5 Å². The molecule has 122 valence electrons. The minimum Gasteiger partial charge on any atom is -0.497 e. The molecule has 0 radical (unpaired) electrons. The van der Waals surface area contributed by atoms with E-state index in [1.54, 1.807) is 13.2 Å². The predicted molar refractivity (Wildman–Crippen MR) is 89.7 cm³/mol. The van der Waals surface area contributed by atoms with E-state index in [0.717, 1.165) is 23.7 Å². The molecule has 5 heteroatoms. The number of amides is 1. The molecule has 2 N–H and O–H groups in total. The van der Waals surface area contributed by atoms with E-state index < -0.39 is 0 Å². The van der Waals surface area contributed by atoms with Crippen LogP contribution in [0.1, 0.15) is 25.3 Å². The third-order valence-corrected chi connectivity index (χ3v) is 4.57. The number of benzene rings is 1. The zero-order chi connectivity index (χ0) is 16.4. The fraction of sp³-hybridized carbons (Fsp3) is 0.444. The molecule has 2 aromatic rings. The predicted octanol–water partition coefficient (Wildman–Crippen LogP) is 2.24. The second-order valence-electron chi connectivity index (χ2n) is 6.24. The molecular formula is C18H22N2O3. The quantitative estimate of drug-likeness (QED) is 0.859. The van der Waals surface area contributed by atoms with Crippen molar-refractivity contribution in [3.63, 3.8) is 0 Å². The molecule has 1 aromatic carbocycles. The van der Waals surface area contributed by atoms with Gasteiger partial charge in [0.15, 0.2) is 0 Å². The van der Waals surface area contributed by atoms with E-state index in [-0.39, 0.29) is 17.4 Å². The zero-order valence-electron chi connectivity index (χ0n) is 13.5. The third-order valence-electron chi connectivity index (χ3n) is 4.57. The fourth-order valence-electron chi connectivity index (χ4n) is 2.83. The summed E-state index contributed by atoms with van der Waals surface area (Å²) in [4.78, 5) is 27.0. The molecule has 0 saturated heterocycles. The standard InChI is InChI=1S/C18H22N2O3/c1-11(12-3-4-12)17(21)19-8-7-14-9-13-5-6-15(23-2)10-16(13)20-18(14)22/h5-6,9-12H,3-4,7-8H2,1-2H3,(H,19,21)(H,20,22). The van der Waals surface area contributed by atoms with Crippen LogP contribution < -0.4 is 15.6 Å². The van der Waals surface area contributed by atoms with Gasteiger partial charge in [0.25, 0.3) is 5.56 Å². The first kappa shape index (κ1) is 15.6. The van der Waals surface area contributed by atoms with E-state index in [1.165, 1.54) is 0 Å². The highest BCUT2D eigenvalue weighted by atomic mass is 16.5. The maximum Gasteiger partial charge on any atom is 0.251 e. The van der Waals surface area contributed by atoms with E-state index in [0.29, 0.717) is 30.2 Å². The average molecular weight is 314 g/mol. The molecule has 1 saturated carbocycles. The van der Waals surface area contributed by atoms with E-state index in [4.69, 9.17) is 4.74 Å². The van der Waals surface area contributed by atoms with Crippen LogP contribution in [-0.2, 0) is 11.2 Å². The SMILES string of the molecule is COc1ccc2cc(CCNC(=O)C(C)C3CC3)c(=O)[nH]c2c1. The summed E-state index contributed by atoms with van der Waals surface area (Å²) in [5.74, 6) is 1.43. The van der Waals surface area contributed by atoms with Crippen molar-refractivity contribution in [3.8, 4) is 5.75 Å². The lowest BCUT2D eigenvalue weighted by molar-refractivity contribution is -0.125. The van der Waals surface area contributed by atoms with Gasteiger partial charge in [-0.25, -0.2) is 0 Å². The van der Waals surface area contributed by atoms with Crippen LogP contribution in [0.3, 0.4) is 0 Å². The summed E-state index contributed by atoms with van der Waals surface area (Å²) in [6.45, 7) is 2.46. The lowest BCUT2D eigenvalue weighted by Crippen LogP contribution is -2.32. The van der Waals surface area contributed by atoms with E-state index >= 15 is 0 Å². The highest BCUT2D eigenvalue weighted by Crippen LogP contribution is 2.36. The summed E-state index contributed by atoms with van der Waals surface area (Å²) in [7, 11) is 1.60. The van der Waals surface area contributed by atoms with Crippen molar-refractivity contribution in [3.05, 3.63) is 40.2 Å². The summed E-state index contributed by atoms with van der Waals surface area (Å²) in [5.41, 5.74) is 1.32. The van der Waals surface area contributed by atoms with Crippen molar-refractivity contribution in [2.24, 2.45) is 11.8 Å². The van der Waals surface area contributed by atoms with Crippen LogP contribution in [0.2, 0.25) is 0 Å². The summed E-state index contributed by atoms with van der Waals surface area (Å²) in [5, 5.41) is 3.89. The number of H-pyrrole nitrogens is 1. The molecule has 1 aromatic heterocycles. The van der Waals surface area contributed by atoms with Gasteiger partial charge in [0, 0.05) is 24.1 Å². The number of aromatic nitrogens is 1. The van der Waals surface area contributed by atoms with Crippen molar-refractivity contribution < 1.29 is 9.53 Å². The van der Waals surface area contributed by atoms with Crippen LogP contribution in [0.15, 0.2) is 29.1 Å². The first-order chi connectivity index (χ1) is 11.1. The molecule has 1 aliphatic carbocycles. The van der Waals surface area contributed by atoms with Gasteiger partial charge < -0.3 is 15.0 Å². The number of rotatable bonds is 6. The Bertz CT molecular complexity index is 777. The largest absolute Gasteiger partial charge is 0.497 e. The molecule has 0 aliphatic heterocycles. The summed E-state index contributed by atoms with van der Waals surface area (Å²) in [6.07, 6.45) is 2.84. The van der Waals surface area contributed by atoms with Crippen LogP contribution in [0.25, 0.3) is 10.9 Å². The monoisotopic (exact) mass is 314 g/mol. The van der Waals surface area contributed by atoms with Crippen molar-refractivity contribution in [2.75, 3.05) is 13.7 Å². The Kier molecular flexibility index (Phi) is 4.37. The number of hydrogen-bond donors (Lipinski definition) is 2. The van der Waals surface area contributed by atoms with Crippen LogP contribution in [0.4, 0.5) is 0 Å². The van der Waals surface area contributed by atoms with Gasteiger partial charge in [0.05, 0.1) is 12.6 Å². The molecule has 1 atom stereocenters.